The molecular weight excluding hydrogens is 361 g/mol. The monoisotopic (exact) mass is 371 g/mol. The lowest BCUT2D eigenvalue weighted by Crippen LogP contribution is -2.28. The number of rotatable bonds is 5. The first-order valence-corrected chi connectivity index (χ1v) is 7.72. The maximum absolute atomic E-state index is 11.9. The lowest BCUT2D eigenvalue weighted by molar-refractivity contribution is -0.124. The first-order chi connectivity index (χ1) is 11.0. The van der Waals surface area contributed by atoms with E-state index < -0.39 is 18.5 Å². The van der Waals surface area contributed by atoms with E-state index in [1.807, 2.05) is 0 Å². The average Bonchev–Trinajstić information content (AvgIpc) is 2.54. The second kappa shape index (κ2) is 8.20. The van der Waals surface area contributed by atoms with Crippen LogP contribution in [0, 0.1) is 0 Å². The van der Waals surface area contributed by atoms with Gasteiger partial charge >= 0.3 is 5.97 Å². The van der Waals surface area contributed by atoms with Crippen molar-refractivity contribution < 1.29 is 14.3 Å². The molecule has 1 N–H and O–H groups in total. The summed E-state index contributed by atoms with van der Waals surface area (Å²) in [4.78, 5) is 23.6. The first-order valence-electron chi connectivity index (χ1n) is 6.59. The van der Waals surface area contributed by atoms with Crippen molar-refractivity contribution in [1.82, 2.24) is 5.32 Å². The third-order valence-electron chi connectivity index (χ3n) is 2.89. The van der Waals surface area contributed by atoms with E-state index in [2.05, 4.69) is 5.32 Å². The third-order valence-corrected chi connectivity index (χ3v) is 3.70. The van der Waals surface area contributed by atoms with Gasteiger partial charge in [0.1, 0.15) is 0 Å². The van der Waals surface area contributed by atoms with Gasteiger partial charge in [0, 0.05) is 16.6 Å². The van der Waals surface area contributed by atoms with E-state index in [-0.39, 0.29) is 10.6 Å². The second-order valence-corrected chi connectivity index (χ2v) is 5.88. The zero-order valence-corrected chi connectivity index (χ0v) is 14.1. The Hall–Kier alpha value is -1.75. The fourth-order valence-electron chi connectivity index (χ4n) is 1.72. The highest BCUT2D eigenvalue weighted by atomic mass is 35.5. The number of hydrogen-bond acceptors (Lipinski definition) is 3. The van der Waals surface area contributed by atoms with Crippen LogP contribution in [0.4, 0.5) is 0 Å². The van der Waals surface area contributed by atoms with Gasteiger partial charge in [0.25, 0.3) is 5.91 Å². The van der Waals surface area contributed by atoms with Crippen molar-refractivity contribution in [3.63, 3.8) is 0 Å². The van der Waals surface area contributed by atoms with Gasteiger partial charge in [-0.15, -0.1) is 0 Å². The molecule has 0 aromatic heterocycles. The smallest absolute Gasteiger partial charge is 0.340 e. The predicted octanol–water partition coefficient (Wildman–Crippen LogP) is 4.12. The molecule has 0 heterocycles. The Morgan fingerprint density at radius 2 is 1.61 bits per heavy atom. The van der Waals surface area contributed by atoms with E-state index >= 15 is 0 Å². The summed E-state index contributed by atoms with van der Waals surface area (Å²) >= 11 is 17.5. The fourth-order valence-corrected chi connectivity index (χ4v) is 2.21. The number of amides is 1. The molecule has 0 spiro atoms. The molecule has 0 radical (unpaired) electrons. The van der Waals surface area contributed by atoms with Gasteiger partial charge in [0.2, 0.25) is 0 Å². The van der Waals surface area contributed by atoms with Crippen LogP contribution in [0.5, 0.6) is 0 Å². The summed E-state index contributed by atoms with van der Waals surface area (Å²) in [5.41, 5.74) is 0.997. The summed E-state index contributed by atoms with van der Waals surface area (Å²) in [5, 5.41) is 3.82. The number of carbonyl (C=O) groups excluding carboxylic acids is 2. The van der Waals surface area contributed by atoms with E-state index in [1.54, 1.807) is 30.3 Å². The Kier molecular flexibility index (Phi) is 6.28. The highest BCUT2D eigenvalue weighted by Gasteiger charge is 2.14. The van der Waals surface area contributed by atoms with Crippen LogP contribution in [0.3, 0.4) is 0 Å². The number of carbonyl (C=O) groups is 2. The molecule has 0 aliphatic carbocycles. The number of benzene rings is 2. The molecule has 2 rings (SSSR count). The lowest BCUT2D eigenvalue weighted by atomic mass is 10.2. The SMILES string of the molecule is O=C(COC(=O)c1cc(Cl)ccc1Cl)NCc1ccc(Cl)cc1. The van der Waals surface area contributed by atoms with Gasteiger partial charge in [-0.3, -0.25) is 4.79 Å². The van der Waals surface area contributed by atoms with Gasteiger partial charge in [-0.25, -0.2) is 4.79 Å². The van der Waals surface area contributed by atoms with Gasteiger partial charge in [0.15, 0.2) is 6.61 Å². The zero-order chi connectivity index (χ0) is 16.8. The number of hydrogen-bond donors (Lipinski definition) is 1. The molecule has 0 saturated heterocycles. The van der Waals surface area contributed by atoms with Crippen molar-refractivity contribution >= 4 is 46.7 Å². The molecule has 0 fully saturated rings. The highest BCUT2D eigenvalue weighted by molar-refractivity contribution is 6.35. The molecule has 0 unspecified atom stereocenters. The van der Waals surface area contributed by atoms with Gasteiger partial charge in [-0.1, -0.05) is 46.9 Å². The van der Waals surface area contributed by atoms with Crippen molar-refractivity contribution in [2.45, 2.75) is 6.54 Å². The maximum atomic E-state index is 11.9. The van der Waals surface area contributed by atoms with Crippen LogP contribution in [0.2, 0.25) is 15.1 Å². The minimum absolute atomic E-state index is 0.115. The van der Waals surface area contributed by atoms with Crippen LogP contribution < -0.4 is 5.32 Å². The van der Waals surface area contributed by atoms with Crippen LogP contribution in [0.15, 0.2) is 42.5 Å². The molecule has 0 bridgehead atoms. The maximum Gasteiger partial charge on any atom is 0.340 e. The van der Waals surface area contributed by atoms with Gasteiger partial charge < -0.3 is 10.1 Å². The lowest BCUT2D eigenvalue weighted by Gasteiger charge is -2.08. The van der Waals surface area contributed by atoms with E-state index in [0.29, 0.717) is 16.6 Å². The Morgan fingerprint density at radius 3 is 2.30 bits per heavy atom. The minimum Gasteiger partial charge on any atom is -0.452 e. The van der Waals surface area contributed by atoms with Crippen LogP contribution in [0.1, 0.15) is 15.9 Å². The quantitative estimate of drug-likeness (QED) is 0.803. The Bertz CT molecular complexity index is 717. The topological polar surface area (TPSA) is 55.4 Å². The summed E-state index contributed by atoms with van der Waals surface area (Å²) in [6, 6.07) is 11.5. The molecule has 0 atom stereocenters. The van der Waals surface area contributed by atoms with Crippen molar-refractivity contribution in [1.29, 1.82) is 0 Å². The number of nitrogens with one attached hydrogen (secondary N) is 1. The molecule has 0 aliphatic heterocycles. The fraction of sp³-hybridized carbons (Fsp3) is 0.125. The molecule has 0 aliphatic rings. The Balaban J connectivity index is 1.83. The molecule has 2 aromatic rings. The van der Waals surface area contributed by atoms with E-state index in [4.69, 9.17) is 39.5 Å². The largest absolute Gasteiger partial charge is 0.452 e. The summed E-state index contributed by atoms with van der Waals surface area (Å²) in [6.07, 6.45) is 0. The van der Waals surface area contributed by atoms with Crippen molar-refractivity contribution in [2.75, 3.05) is 6.61 Å². The first kappa shape index (κ1) is 17.6. The van der Waals surface area contributed by atoms with Crippen LogP contribution in [0.25, 0.3) is 0 Å². The molecule has 4 nitrogen and oxygen atoms in total. The van der Waals surface area contributed by atoms with Crippen LogP contribution in [-0.2, 0) is 16.1 Å². The summed E-state index contributed by atoms with van der Waals surface area (Å²) in [5.74, 6) is -1.13. The van der Waals surface area contributed by atoms with E-state index in [9.17, 15) is 9.59 Å². The number of halogens is 3. The molecule has 23 heavy (non-hydrogen) atoms. The summed E-state index contributed by atoms with van der Waals surface area (Å²) in [6.45, 7) is -0.0965. The molecule has 2 aromatic carbocycles. The highest BCUT2D eigenvalue weighted by Crippen LogP contribution is 2.21. The summed E-state index contributed by atoms with van der Waals surface area (Å²) < 4.78 is 4.92. The molecular formula is C16H12Cl3NO3. The zero-order valence-electron chi connectivity index (χ0n) is 11.8. The normalized spacial score (nSPS) is 10.2. The predicted molar refractivity (Wildman–Crippen MR) is 90.0 cm³/mol. The third kappa shape index (κ3) is 5.43. The van der Waals surface area contributed by atoms with Crippen molar-refractivity contribution in [2.24, 2.45) is 0 Å². The van der Waals surface area contributed by atoms with E-state index in [0.717, 1.165) is 5.56 Å². The second-order valence-electron chi connectivity index (χ2n) is 4.60. The molecule has 120 valence electrons. The van der Waals surface area contributed by atoms with Gasteiger partial charge in [-0.05, 0) is 35.9 Å². The number of esters is 1. The molecule has 0 saturated carbocycles. The van der Waals surface area contributed by atoms with Crippen molar-refractivity contribution in [3.05, 3.63) is 68.7 Å². The molecule has 7 heteroatoms. The molecule has 1 amide bonds. The Labute approximate surface area is 148 Å². The van der Waals surface area contributed by atoms with Gasteiger partial charge in [-0.2, -0.15) is 0 Å². The van der Waals surface area contributed by atoms with Crippen LogP contribution >= 0.6 is 34.8 Å². The van der Waals surface area contributed by atoms with Gasteiger partial charge in [0.05, 0.1) is 10.6 Å². The van der Waals surface area contributed by atoms with Crippen molar-refractivity contribution in [3.8, 4) is 0 Å². The minimum atomic E-state index is -0.709. The van der Waals surface area contributed by atoms with Crippen LogP contribution in [-0.4, -0.2) is 18.5 Å². The number of ether oxygens (including phenoxy) is 1. The average molecular weight is 373 g/mol. The standard InChI is InChI=1S/C16H12Cl3NO3/c17-11-3-1-10(2-4-11)8-20-15(21)9-23-16(22)13-7-12(18)5-6-14(13)19/h1-7H,8-9H2,(H,20,21). The summed E-state index contributed by atoms with van der Waals surface area (Å²) in [7, 11) is 0. The Morgan fingerprint density at radius 1 is 0.957 bits per heavy atom. The van der Waals surface area contributed by atoms with E-state index in [1.165, 1.54) is 12.1 Å².